The zero-order valence-electron chi connectivity index (χ0n) is 16.0. The summed E-state index contributed by atoms with van der Waals surface area (Å²) in [5, 5.41) is 16.1. The number of rotatable bonds is 9. The number of hydrogen-bond donors (Lipinski definition) is 4. The van der Waals surface area contributed by atoms with E-state index in [2.05, 4.69) is 26.1 Å². The Morgan fingerprint density at radius 2 is 1.96 bits per heavy atom. The predicted octanol–water partition coefficient (Wildman–Crippen LogP) is 2.57. The lowest BCUT2D eigenvalue weighted by atomic mass is 10.0. The van der Waals surface area contributed by atoms with E-state index < -0.39 is 6.04 Å². The van der Waals surface area contributed by atoms with Crippen molar-refractivity contribution < 1.29 is 9.53 Å². The summed E-state index contributed by atoms with van der Waals surface area (Å²) in [4.78, 5) is 13.0. The first-order valence-corrected chi connectivity index (χ1v) is 9.13. The number of likely N-dealkylation sites (N-methyl/N-ethyl adjacent to an activating group) is 1. The summed E-state index contributed by atoms with van der Waals surface area (Å²) in [7, 11) is 3.49. The van der Waals surface area contributed by atoms with E-state index in [1.165, 1.54) is 0 Å². The number of nitrogens with zero attached hydrogens (tertiary/aromatic N) is 1. The molecule has 28 heavy (non-hydrogen) atoms. The van der Waals surface area contributed by atoms with Crippen molar-refractivity contribution in [3.05, 3.63) is 66.5 Å². The summed E-state index contributed by atoms with van der Waals surface area (Å²) in [6, 6.07) is 14.7. The molecule has 3 aromatic rings. The molecular formula is C21H25N5O2. The van der Waals surface area contributed by atoms with Gasteiger partial charge in [-0.1, -0.05) is 24.3 Å². The zero-order valence-corrected chi connectivity index (χ0v) is 16.0. The fourth-order valence-corrected chi connectivity index (χ4v) is 2.89. The first kappa shape index (κ1) is 19.6. The van der Waals surface area contributed by atoms with Gasteiger partial charge in [0.2, 0.25) is 5.91 Å². The van der Waals surface area contributed by atoms with Crippen LogP contribution < -0.4 is 20.7 Å². The largest absolute Gasteiger partial charge is 0.497 e. The first-order valence-electron chi connectivity index (χ1n) is 9.13. The van der Waals surface area contributed by atoms with Crippen molar-refractivity contribution in [3.8, 4) is 16.9 Å². The minimum absolute atomic E-state index is 0.125. The highest BCUT2D eigenvalue weighted by Gasteiger charge is 2.20. The topological polar surface area (TPSA) is 91.1 Å². The number of ether oxygens (including phenoxy) is 1. The fourth-order valence-electron chi connectivity index (χ4n) is 2.89. The molecule has 0 aliphatic carbocycles. The lowest BCUT2D eigenvalue weighted by Gasteiger charge is -2.19. The average molecular weight is 379 g/mol. The Morgan fingerprint density at radius 3 is 2.64 bits per heavy atom. The summed E-state index contributed by atoms with van der Waals surface area (Å²) in [5.74, 6) is 0.593. The van der Waals surface area contributed by atoms with E-state index in [1.807, 2.05) is 61.8 Å². The monoisotopic (exact) mass is 379 g/mol. The zero-order chi connectivity index (χ0) is 19.8. The van der Waals surface area contributed by atoms with Crippen LogP contribution in [-0.4, -0.2) is 43.4 Å². The van der Waals surface area contributed by atoms with Crippen molar-refractivity contribution in [3.63, 3.8) is 0 Å². The average Bonchev–Trinajstić information content (AvgIpc) is 3.26. The van der Waals surface area contributed by atoms with Crippen LogP contribution in [-0.2, 0) is 4.79 Å². The number of methoxy groups -OCH3 is 1. The molecule has 7 heteroatoms. The molecular weight excluding hydrogens is 354 g/mol. The molecule has 1 amide bonds. The Balaban J connectivity index is 1.74. The van der Waals surface area contributed by atoms with Crippen LogP contribution >= 0.6 is 0 Å². The number of aromatic nitrogens is 2. The molecule has 0 fully saturated rings. The second-order valence-corrected chi connectivity index (χ2v) is 6.32. The molecule has 1 atom stereocenters. The summed E-state index contributed by atoms with van der Waals surface area (Å²) in [6.45, 7) is 1.42. The van der Waals surface area contributed by atoms with Gasteiger partial charge in [-0.25, -0.2) is 0 Å². The van der Waals surface area contributed by atoms with Gasteiger partial charge >= 0.3 is 0 Å². The Labute approximate surface area is 164 Å². The highest BCUT2D eigenvalue weighted by atomic mass is 16.5. The number of hydrogen-bond acceptors (Lipinski definition) is 5. The van der Waals surface area contributed by atoms with Crippen molar-refractivity contribution >= 4 is 11.6 Å². The van der Waals surface area contributed by atoms with Crippen LogP contribution in [0.4, 0.5) is 5.69 Å². The normalized spacial score (nSPS) is 11.8. The van der Waals surface area contributed by atoms with Gasteiger partial charge in [-0.05, 0) is 42.4 Å². The fraction of sp³-hybridized carbons (Fsp3) is 0.238. The number of benzene rings is 2. The maximum atomic E-state index is 13.0. The van der Waals surface area contributed by atoms with Crippen LogP contribution in [0.15, 0.2) is 60.9 Å². The number of carbonyl (C=O) groups is 1. The smallest absolute Gasteiger partial charge is 0.246 e. The van der Waals surface area contributed by atoms with Crippen LogP contribution in [0.5, 0.6) is 5.75 Å². The van der Waals surface area contributed by atoms with Crippen molar-refractivity contribution in [2.75, 3.05) is 32.6 Å². The summed E-state index contributed by atoms with van der Waals surface area (Å²) in [5.41, 5.74) is 3.62. The van der Waals surface area contributed by atoms with E-state index in [-0.39, 0.29) is 5.91 Å². The number of aromatic amines is 1. The van der Waals surface area contributed by atoms with E-state index in [4.69, 9.17) is 4.74 Å². The van der Waals surface area contributed by atoms with Crippen LogP contribution in [0.1, 0.15) is 11.6 Å². The highest BCUT2D eigenvalue weighted by Crippen LogP contribution is 2.23. The van der Waals surface area contributed by atoms with Crippen LogP contribution in [0.2, 0.25) is 0 Å². The Kier molecular flexibility index (Phi) is 6.78. The molecule has 7 nitrogen and oxygen atoms in total. The number of nitrogens with one attached hydrogen (secondary N) is 4. The molecule has 1 aromatic heterocycles. The van der Waals surface area contributed by atoms with Gasteiger partial charge in [0, 0.05) is 30.5 Å². The van der Waals surface area contributed by atoms with E-state index >= 15 is 0 Å². The van der Waals surface area contributed by atoms with Gasteiger partial charge in [0.1, 0.15) is 11.8 Å². The van der Waals surface area contributed by atoms with E-state index in [1.54, 1.807) is 13.3 Å². The molecule has 0 bridgehead atoms. The van der Waals surface area contributed by atoms with Crippen molar-refractivity contribution in [1.82, 2.24) is 20.8 Å². The lowest BCUT2D eigenvalue weighted by molar-refractivity contribution is -0.118. The molecule has 0 saturated carbocycles. The van der Waals surface area contributed by atoms with Crippen molar-refractivity contribution in [2.24, 2.45) is 0 Å². The maximum absolute atomic E-state index is 13.0. The molecule has 0 saturated heterocycles. The van der Waals surface area contributed by atoms with Crippen LogP contribution in [0.25, 0.3) is 11.1 Å². The molecule has 0 unspecified atom stereocenters. The van der Waals surface area contributed by atoms with Gasteiger partial charge in [0.15, 0.2) is 0 Å². The number of anilines is 1. The number of amides is 1. The van der Waals surface area contributed by atoms with Crippen LogP contribution in [0.3, 0.4) is 0 Å². The third-order valence-corrected chi connectivity index (χ3v) is 4.40. The van der Waals surface area contributed by atoms with Gasteiger partial charge < -0.3 is 20.7 Å². The second-order valence-electron chi connectivity index (χ2n) is 6.32. The maximum Gasteiger partial charge on any atom is 0.246 e. The summed E-state index contributed by atoms with van der Waals surface area (Å²) in [6.07, 6.45) is 3.59. The standard InChI is InChI=1S/C21H25N5O2/c1-22-10-11-23-20(16-4-3-5-19(12-16)28-2)21(27)26-18-8-6-15(7-9-18)17-13-24-25-14-17/h3-9,12-14,20,22-23H,10-11H2,1-2H3,(H,24,25)(H,26,27)/t20-/m1/s1. The minimum Gasteiger partial charge on any atom is -0.497 e. The molecule has 0 aliphatic heterocycles. The third-order valence-electron chi connectivity index (χ3n) is 4.40. The summed E-state index contributed by atoms with van der Waals surface area (Å²) >= 11 is 0. The van der Waals surface area contributed by atoms with Gasteiger partial charge in [0.25, 0.3) is 0 Å². The molecule has 146 valence electrons. The number of H-pyrrole nitrogens is 1. The summed E-state index contributed by atoms with van der Waals surface area (Å²) < 4.78 is 5.30. The second kappa shape index (κ2) is 9.68. The highest BCUT2D eigenvalue weighted by molar-refractivity contribution is 5.95. The predicted molar refractivity (Wildman–Crippen MR) is 110 cm³/mol. The molecule has 0 spiro atoms. The lowest BCUT2D eigenvalue weighted by Crippen LogP contribution is -2.36. The quantitative estimate of drug-likeness (QED) is 0.429. The van der Waals surface area contributed by atoms with Crippen molar-refractivity contribution in [2.45, 2.75) is 6.04 Å². The van der Waals surface area contributed by atoms with Gasteiger partial charge in [-0.3, -0.25) is 9.89 Å². The van der Waals surface area contributed by atoms with Gasteiger partial charge in [0.05, 0.1) is 13.3 Å². The van der Waals surface area contributed by atoms with Gasteiger partial charge in [-0.15, -0.1) is 0 Å². The molecule has 3 rings (SSSR count). The first-order chi connectivity index (χ1) is 13.7. The van der Waals surface area contributed by atoms with Crippen molar-refractivity contribution in [1.29, 1.82) is 0 Å². The SMILES string of the molecule is CNCCN[C@@H](C(=O)Nc1ccc(-c2cn[nH]c2)cc1)c1cccc(OC)c1. The Morgan fingerprint density at radius 1 is 1.14 bits per heavy atom. The van der Waals surface area contributed by atoms with Gasteiger partial charge in [-0.2, -0.15) is 5.10 Å². The van der Waals surface area contributed by atoms with E-state index in [9.17, 15) is 4.79 Å². The third kappa shape index (κ3) is 4.97. The molecule has 0 aliphatic rings. The molecule has 2 aromatic carbocycles. The Hall–Kier alpha value is -3.16. The van der Waals surface area contributed by atoms with E-state index in [0.29, 0.717) is 6.54 Å². The van der Waals surface area contributed by atoms with E-state index in [0.717, 1.165) is 34.7 Å². The van der Waals surface area contributed by atoms with Crippen LogP contribution in [0, 0.1) is 0 Å². The Bertz CT molecular complexity index is 878. The molecule has 1 heterocycles. The molecule has 0 radical (unpaired) electrons. The molecule has 4 N–H and O–H groups in total. The minimum atomic E-state index is -0.489. The number of carbonyl (C=O) groups excluding carboxylic acids is 1.